The Bertz CT molecular complexity index is 910. The topological polar surface area (TPSA) is 66.7 Å². The van der Waals surface area contributed by atoms with Crippen molar-refractivity contribution in [3.8, 4) is 0 Å². The molecule has 0 radical (unpaired) electrons. The van der Waals surface area contributed by atoms with E-state index in [0.717, 1.165) is 31.2 Å². The minimum absolute atomic E-state index is 0.0804. The molecule has 0 bridgehead atoms. The van der Waals surface area contributed by atoms with Crippen LogP contribution in [0.4, 0.5) is 4.39 Å². The van der Waals surface area contributed by atoms with E-state index in [2.05, 4.69) is 5.16 Å². The van der Waals surface area contributed by atoms with Gasteiger partial charge in [0.15, 0.2) is 0 Å². The van der Waals surface area contributed by atoms with Crippen LogP contribution in [0.3, 0.4) is 0 Å². The molecule has 0 spiro atoms. The molecule has 1 saturated carbocycles. The van der Waals surface area contributed by atoms with Crippen molar-refractivity contribution in [2.75, 3.05) is 19.6 Å². The summed E-state index contributed by atoms with van der Waals surface area (Å²) in [6.07, 6.45) is 5.54. The highest BCUT2D eigenvalue weighted by Crippen LogP contribution is 2.46. The molecule has 152 valence electrons. The van der Waals surface area contributed by atoms with E-state index >= 15 is 0 Å². The standard InChI is InChI=1S/C22H24FN3O3/c23-17-7-3-6-15(10-17)20-18-13-25(22(28)19-8-9-24-29-19)11-16(18)12-26(20)21(27)14-4-1-2-5-14/h3,6-10,14,16,18,20H,1-2,4-5,11-13H2/t16-,18-,20+/m0/s1. The maximum absolute atomic E-state index is 14.0. The Labute approximate surface area is 168 Å². The van der Waals surface area contributed by atoms with E-state index in [1.807, 2.05) is 11.0 Å². The molecule has 7 heteroatoms. The number of hydrogen-bond acceptors (Lipinski definition) is 4. The van der Waals surface area contributed by atoms with Gasteiger partial charge in [-0.25, -0.2) is 4.39 Å². The molecule has 3 fully saturated rings. The lowest BCUT2D eigenvalue weighted by Gasteiger charge is -2.31. The lowest BCUT2D eigenvalue weighted by atomic mass is 9.89. The summed E-state index contributed by atoms with van der Waals surface area (Å²) in [5.74, 6) is 0.298. The van der Waals surface area contributed by atoms with Crippen molar-refractivity contribution in [2.45, 2.75) is 31.7 Å². The first-order valence-corrected chi connectivity index (χ1v) is 10.4. The van der Waals surface area contributed by atoms with Gasteiger partial charge >= 0.3 is 0 Å². The third-order valence-corrected chi connectivity index (χ3v) is 6.78. The van der Waals surface area contributed by atoms with Gasteiger partial charge in [-0.3, -0.25) is 9.59 Å². The number of nitrogens with zero attached hydrogens (tertiary/aromatic N) is 3. The van der Waals surface area contributed by atoms with Crippen molar-refractivity contribution in [1.82, 2.24) is 15.0 Å². The van der Waals surface area contributed by atoms with Gasteiger partial charge in [0.25, 0.3) is 5.91 Å². The second-order valence-electron chi connectivity index (χ2n) is 8.48. The van der Waals surface area contributed by atoms with Crippen LogP contribution < -0.4 is 0 Å². The number of carbonyl (C=O) groups is 2. The van der Waals surface area contributed by atoms with E-state index in [9.17, 15) is 14.0 Å². The molecule has 29 heavy (non-hydrogen) atoms. The number of halogens is 1. The van der Waals surface area contributed by atoms with Crippen molar-refractivity contribution in [1.29, 1.82) is 0 Å². The van der Waals surface area contributed by atoms with Crippen LogP contribution in [-0.2, 0) is 4.79 Å². The molecular formula is C22H24FN3O3. The quantitative estimate of drug-likeness (QED) is 0.797. The Kier molecular flexibility index (Phi) is 4.60. The number of benzene rings is 1. The van der Waals surface area contributed by atoms with Gasteiger partial charge < -0.3 is 14.3 Å². The van der Waals surface area contributed by atoms with Crippen LogP contribution in [0.25, 0.3) is 0 Å². The summed E-state index contributed by atoms with van der Waals surface area (Å²) in [6.45, 7) is 1.71. The van der Waals surface area contributed by atoms with Crippen molar-refractivity contribution in [2.24, 2.45) is 17.8 Å². The molecule has 0 unspecified atom stereocenters. The molecule has 0 N–H and O–H groups in total. The maximum atomic E-state index is 14.0. The highest BCUT2D eigenvalue weighted by molar-refractivity contribution is 5.91. The summed E-state index contributed by atoms with van der Waals surface area (Å²) in [6, 6.07) is 7.91. The Hall–Kier alpha value is -2.70. The van der Waals surface area contributed by atoms with Crippen LogP contribution in [0, 0.1) is 23.6 Å². The second-order valence-corrected chi connectivity index (χ2v) is 8.48. The number of hydrogen-bond donors (Lipinski definition) is 0. The number of aromatic nitrogens is 1. The van der Waals surface area contributed by atoms with Gasteiger partial charge in [-0.1, -0.05) is 30.1 Å². The van der Waals surface area contributed by atoms with E-state index in [1.54, 1.807) is 17.0 Å². The number of carbonyl (C=O) groups excluding carboxylic acids is 2. The Morgan fingerprint density at radius 2 is 1.93 bits per heavy atom. The van der Waals surface area contributed by atoms with Crippen molar-refractivity contribution in [3.63, 3.8) is 0 Å². The largest absolute Gasteiger partial charge is 0.351 e. The molecule has 2 amide bonds. The third kappa shape index (κ3) is 3.22. The van der Waals surface area contributed by atoms with E-state index in [4.69, 9.17) is 4.52 Å². The SMILES string of the molecule is O=C(c1ccno1)N1C[C@H]2CN(C(=O)C3CCCC3)[C@H](c3cccc(F)c3)[C@H]2C1. The molecule has 2 aliphatic heterocycles. The van der Waals surface area contributed by atoms with Crippen LogP contribution in [0.1, 0.15) is 47.8 Å². The van der Waals surface area contributed by atoms with E-state index in [1.165, 1.54) is 18.3 Å². The third-order valence-electron chi connectivity index (χ3n) is 6.78. The number of amides is 2. The first-order valence-electron chi connectivity index (χ1n) is 10.4. The molecule has 5 rings (SSSR count). The molecular weight excluding hydrogens is 373 g/mol. The summed E-state index contributed by atoms with van der Waals surface area (Å²) >= 11 is 0. The first-order chi connectivity index (χ1) is 14.1. The fourth-order valence-corrected chi connectivity index (χ4v) is 5.44. The van der Waals surface area contributed by atoms with Crippen molar-refractivity contribution >= 4 is 11.8 Å². The fourth-order valence-electron chi connectivity index (χ4n) is 5.44. The van der Waals surface area contributed by atoms with E-state index in [-0.39, 0.29) is 47.2 Å². The molecule has 3 atom stereocenters. The highest BCUT2D eigenvalue weighted by Gasteiger charge is 2.51. The second kappa shape index (κ2) is 7.28. The predicted molar refractivity (Wildman–Crippen MR) is 102 cm³/mol. The Morgan fingerprint density at radius 1 is 1.10 bits per heavy atom. The summed E-state index contributed by atoms with van der Waals surface area (Å²) in [4.78, 5) is 29.7. The molecule has 1 aliphatic carbocycles. The van der Waals surface area contributed by atoms with Gasteiger partial charge in [0.2, 0.25) is 11.7 Å². The average molecular weight is 397 g/mol. The van der Waals surface area contributed by atoms with Crippen LogP contribution in [0.15, 0.2) is 41.1 Å². The summed E-state index contributed by atoms with van der Waals surface area (Å²) in [7, 11) is 0. The summed E-state index contributed by atoms with van der Waals surface area (Å²) in [5, 5.41) is 3.62. The van der Waals surface area contributed by atoms with Gasteiger partial charge in [-0.05, 0) is 30.5 Å². The Morgan fingerprint density at radius 3 is 2.66 bits per heavy atom. The van der Waals surface area contributed by atoms with E-state index in [0.29, 0.717) is 19.6 Å². The lowest BCUT2D eigenvalue weighted by molar-refractivity contribution is -0.137. The summed E-state index contributed by atoms with van der Waals surface area (Å²) < 4.78 is 19.0. The van der Waals surface area contributed by atoms with Gasteiger partial charge in [-0.15, -0.1) is 0 Å². The molecule has 3 heterocycles. The smallest absolute Gasteiger partial charge is 0.292 e. The number of fused-ring (bicyclic) bond motifs is 1. The first kappa shape index (κ1) is 18.3. The van der Waals surface area contributed by atoms with Gasteiger partial charge in [0.05, 0.1) is 12.2 Å². The van der Waals surface area contributed by atoms with Crippen LogP contribution >= 0.6 is 0 Å². The fraction of sp³-hybridized carbons (Fsp3) is 0.500. The predicted octanol–water partition coefficient (Wildman–Crippen LogP) is 3.28. The van der Waals surface area contributed by atoms with Crippen LogP contribution in [-0.4, -0.2) is 46.4 Å². The molecule has 6 nitrogen and oxygen atoms in total. The molecule has 2 saturated heterocycles. The zero-order chi connectivity index (χ0) is 20.0. The van der Waals surface area contributed by atoms with Crippen LogP contribution in [0.5, 0.6) is 0 Å². The summed E-state index contributed by atoms with van der Waals surface area (Å²) in [5.41, 5.74) is 0.817. The maximum Gasteiger partial charge on any atom is 0.292 e. The normalized spacial score (nSPS) is 26.9. The molecule has 3 aliphatic rings. The highest BCUT2D eigenvalue weighted by atomic mass is 19.1. The number of rotatable bonds is 3. The Balaban J connectivity index is 1.43. The minimum atomic E-state index is -0.299. The van der Waals surface area contributed by atoms with Crippen LogP contribution in [0.2, 0.25) is 0 Å². The van der Waals surface area contributed by atoms with Gasteiger partial charge in [0.1, 0.15) is 5.82 Å². The minimum Gasteiger partial charge on any atom is -0.351 e. The molecule has 1 aromatic carbocycles. The zero-order valence-electron chi connectivity index (χ0n) is 16.2. The molecule has 1 aromatic heterocycles. The van der Waals surface area contributed by atoms with E-state index < -0.39 is 0 Å². The lowest BCUT2D eigenvalue weighted by Crippen LogP contribution is -2.39. The van der Waals surface area contributed by atoms with Gasteiger partial charge in [0, 0.05) is 43.5 Å². The van der Waals surface area contributed by atoms with Crippen molar-refractivity contribution in [3.05, 3.63) is 53.7 Å². The zero-order valence-corrected chi connectivity index (χ0v) is 16.2. The molecule has 2 aromatic rings. The number of likely N-dealkylation sites (tertiary alicyclic amines) is 2. The average Bonchev–Trinajstić information content (AvgIpc) is 3.51. The monoisotopic (exact) mass is 397 g/mol. The van der Waals surface area contributed by atoms with Gasteiger partial charge in [-0.2, -0.15) is 0 Å². The van der Waals surface area contributed by atoms with Crippen molar-refractivity contribution < 1.29 is 18.5 Å².